The van der Waals surface area contributed by atoms with Gasteiger partial charge in [0.1, 0.15) is 11.5 Å². The van der Waals surface area contributed by atoms with Gasteiger partial charge in [0.25, 0.3) is 5.91 Å². The fraction of sp³-hybridized carbons (Fsp3) is 0.562. The van der Waals surface area contributed by atoms with Crippen molar-refractivity contribution in [3.8, 4) is 11.5 Å². The number of ether oxygens (including phenoxy) is 2. The topological polar surface area (TPSA) is 59.6 Å². The zero-order valence-corrected chi connectivity index (χ0v) is 13.1. The Balaban J connectivity index is 2.16. The molecule has 0 spiro atoms. The van der Waals surface area contributed by atoms with Crippen LogP contribution in [0.1, 0.15) is 30.6 Å². The van der Waals surface area contributed by atoms with Gasteiger partial charge in [-0.05, 0) is 37.9 Å². The van der Waals surface area contributed by atoms with E-state index in [4.69, 9.17) is 9.47 Å². The van der Waals surface area contributed by atoms with Crippen LogP contribution in [0.2, 0.25) is 0 Å². The molecule has 0 radical (unpaired) electrons. The summed E-state index contributed by atoms with van der Waals surface area (Å²) in [5, 5.41) is 6.52. The smallest absolute Gasteiger partial charge is 0.255 e. The molecule has 1 aromatic rings. The molecular formula is C16H24N2O3. The van der Waals surface area contributed by atoms with E-state index in [9.17, 15) is 4.79 Å². The first-order valence-corrected chi connectivity index (χ1v) is 7.33. The molecular weight excluding hydrogens is 268 g/mol. The largest absolute Gasteiger partial charge is 0.497 e. The molecule has 1 aliphatic rings. The quantitative estimate of drug-likeness (QED) is 0.889. The van der Waals surface area contributed by atoms with Crippen LogP contribution >= 0.6 is 0 Å². The van der Waals surface area contributed by atoms with Gasteiger partial charge in [0.05, 0.1) is 19.8 Å². The van der Waals surface area contributed by atoms with E-state index >= 15 is 0 Å². The number of carbonyl (C=O) groups is 1. The highest BCUT2D eigenvalue weighted by Crippen LogP contribution is 2.25. The number of rotatable bonds is 4. The minimum absolute atomic E-state index is 0.109. The molecule has 0 bridgehead atoms. The Morgan fingerprint density at radius 2 is 2.05 bits per heavy atom. The lowest BCUT2D eigenvalue weighted by Crippen LogP contribution is -2.55. The van der Waals surface area contributed by atoms with Crippen LogP contribution in [-0.2, 0) is 0 Å². The number of amides is 1. The van der Waals surface area contributed by atoms with Crippen LogP contribution < -0.4 is 20.1 Å². The molecule has 1 fully saturated rings. The minimum atomic E-state index is -0.109. The Bertz CT molecular complexity index is 494. The molecule has 1 saturated heterocycles. The van der Waals surface area contributed by atoms with Crippen molar-refractivity contribution in [3.05, 3.63) is 23.8 Å². The van der Waals surface area contributed by atoms with Gasteiger partial charge >= 0.3 is 0 Å². The predicted octanol–water partition coefficient (Wildman–Crippen LogP) is 1.82. The van der Waals surface area contributed by atoms with Crippen LogP contribution in [0, 0.1) is 5.92 Å². The van der Waals surface area contributed by atoms with Gasteiger partial charge in [0.2, 0.25) is 0 Å². The Morgan fingerprint density at radius 3 is 2.67 bits per heavy atom. The van der Waals surface area contributed by atoms with Gasteiger partial charge in [0, 0.05) is 18.2 Å². The molecule has 21 heavy (non-hydrogen) atoms. The summed E-state index contributed by atoms with van der Waals surface area (Å²) < 4.78 is 10.4. The zero-order valence-electron chi connectivity index (χ0n) is 13.1. The van der Waals surface area contributed by atoms with E-state index in [1.54, 1.807) is 32.4 Å². The zero-order chi connectivity index (χ0) is 15.4. The van der Waals surface area contributed by atoms with E-state index < -0.39 is 0 Å². The Morgan fingerprint density at radius 1 is 1.29 bits per heavy atom. The molecule has 2 N–H and O–H groups in total. The van der Waals surface area contributed by atoms with Crippen LogP contribution in [0.3, 0.4) is 0 Å². The van der Waals surface area contributed by atoms with Crippen LogP contribution in [0.5, 0.6) is 11.5 Å². The monoisotopic (exact) mass is 292 g/mol. The van der Waals surface area contributed by atoms with E-state index in [1.165, 1.54) is 0 Å². The maximum atomic E-state index is 12.5. The van der Waals surface area contributed by atoms with E-state index in [2.05, 4.69) is 24.5 Å². The summed E-state index contributed by atoms with van der Waals surface area (Å²) >= 11 is 0. The third kappa shape index (κ3) is 3.47. The number of nitrogens with one attached hydrogen (secondary N) is 2. The molecule has 5 nitrogen and oxygen atoms in total. The fourth-order valence-corrected chi connectivity index (χ4v) is 2.82. The molecule has 0 aromatic heterocycles. The van der Waals surface area contributed by atoms with Crippen LogP contribution in [-0.4, -0.2) is 38.8 Å². The number of hydrogen-bond acceptors (Lipinski definition) is 4. The minimum Gasteiger partial charge on any atom is -0.497 e. The summed E-state index contributed by atoms with van der Waals surface area (Å²) in [5.74, 6) is 1.54. The molecule has 2 rings (SSSR count). The van der Waals surface area contributed by atoms with Gasteiger partial charge in [0.15, 0.2) is 0 Å². The summed E-state index contributed by atoms with van der Waals surface area (Å²) in [6, 6.07) is 5.61. The van der Waals surface area contributed by atoms with Gasteiger partial charge in [-0.15, -0.1) is 0 Å². The van der Waals surface area contributed by atoms with Crippen LogP contribution in [0.15, 0.2) is 18.2 Å². The summed E-state index contributed by atoms with van der Waals surface area (Å²) in [6.45, 7) is 5.28. The Kier molecular flexibility index (Phi) is 5.07. The summed E-state index contributed by atoms with van der Waals surface area (Å²) in [7, 11) is 3.14. The molecule has 1 heterocycles. The molecule has 3 unspecified atom stereocenters. The number of carbonyl (C=O) groups excluding carboxylic acids is 1. The van der Waals surface area contributed by atoms with Gasteiger partial charge in [-0.25, -0.2) is 0 Å². The molecule has 5 heteroatoms. The second-order valence-electron chi connectivity index (χ2n) is 5.57. The first-order valence-electron chi connectivity index (χ1n) is 7.33. The normalized spacial score (nSPS) is 25.2. The van der Waals surface area contributed by atoms with Crippen LogP contribution in [0.25, 0.3) is 0 Å². The highest BCUT2D eigenvalue weighted by molar-refractivity contribution is 5.97. The van der Waals surface area contributed by atoms with Gasteiger partial charge in [-0.3, -0.25) is 4.79 Å². The van der Waals surface area contributed by atoms with Crippen molar-refractivity contribution < 1.29 is 14.3 Å². The second-order valence-corrected chi connectivity index (χ2v) is 5.57. The summed E-state index contributed by atoms with van der Waals surface area (Å²) in [5.41, 5.74) is 0.531. The highest BCUT2D eigenvalue weighted by atomic mass is 16.5. The SMILES string of the molecule is COc1ccc(C(=O)NC2C(C)CCNC2C)c(OC)c1. The van der Waals surface area contributed by atoms with E-state index in [0.717, 1.165) is 13.0 Å². The third-order valence-corrected chi connectivity index (χ3v) is 4.17. The summed E-state index contributed by atoms with van der Waals surface area (Å²) in [6.07, 6.45) is 1.06. The van der Waals surface area contributed by atoms with Gasteiger partial charge < -0.3 is 20.1 Å². The molecule has 116 valence electrons. The molecule has 1 aliphatic heterocycles. The number of hydrogen-bond donors (Lipinski definition) is 2. The molecule has 3 atom stereocenters. The van der Waals surface area contributed by atoms with Crippen molar-refractivity contribution in [2.75, 3.05) is 20.8 Å². The van der Waals surface area contributed by atoms with Gasteiger partial charge in [-0.1, -0.05) is 6.92 Å². The van der Waals surface area contributed by atoms with Crippen molar-refractivity contribution in [1.29, 1.82) is 0 Å². The lowest BCUT2D eigenvalue weighted by atomic mass is 9.89. The van der Waals surface area contributed by atoms with Gasteiger partial charge in [-0.2, -0.15) is 0 Å². The van der Waals surface area contributed by atoms with Crippen molar-refractivity contribution in [2.45, 2.75) is 32.4 Å². The molecule has 1 amide bonds. The molecule has 1 aromatic carbocycles. The standard InChI is InChI=1S/C16H24N2O3/c1-10-7-8-17-11(2)15(10)18-16(19)13-6-5-12(20-3)9-14(13)21-4/h5-6,9-11,15,17H,7-8H2,1-4H3,(H,18,19). The first kappa shape index (κ1) is 15.6. The third-order valence-electron chi connectivity index (χ3n) is 4.17. The maximum Gasteiger partial charge on any atom is 0.255 e. The van der Waals surface area contributed by atoms with Crippen molar-refractivity contribution in [1.82, 2.24) is 10.6 Å². The van der Waals surface area contributed by atoms with Crippen LogP contribution in [0.4, 0.5) is 0 Å². The highest BCUT2D eigenvalue weighted by Gasteiger charge is 2.29. The molecule has 0 saturated carbocycles. The fourth-order valence-electron chi connectivity index (χ4n) is 2.82. The maximum absolute atomic E-state index is 12.5. The van der Waals surface area contributed by atoms with E-state index in [0.29, 0.717) is 23.0 Å². The molecule has 0 aliphatic carbocycles. The number of piperidine rings is 1. The first-order chi connectivity index (χ1) is 10.1. The Labute approximate surface area is 126 Å². The number of benzene rings is 1. The second kappa shape index (κ2) is 6.80. The summed E-state index contributed by atoms with van der Waals surface area (Å²) in [4.78, 5) is 12.5. The lowest BCUT2D eigenvalue weighted by molar-refractivity contribution is 0.0894. The predicted molar refractivity (Wildman–Crippen MR) is 82.0 cm³/mol. The van der Waals surface area contributed by atoms with Crippen molar-refractivity contribution in [2.24, 2.45) is 5.92 Å². The van der Waals surface area contributed by atoms with Crippen molar-refractivity contribution in [3.63, 3.8) is 0 Å². The number of methoxy groups -OCH3 is 2. The lowest BCUT2D eigenvalue weighted by Gasteiger charge is -2.36. The van der Waals surface area contributed by atoms with E-state index in [-0.39, 0.29) is 18.0 Å². The van der Waals surface area contributed by atoms with E-state index in [1.807, 2.05) is 0 Å². The Hall–Kier alpha value is -1.75. The van der Waals surface area contributed by atoms with Crippen molar-refractivity contribution >= 4 is 5.91 Å². The average Bonchev–Trinajstić information content (AvgIpc) is 2.50. The average molecular weight is 292 g/mol.